The summed E-state index contributed by atoms with van der Waals surface area (Å²) in [6.45, 7) is 2.23. The Labute approximate surface area is 95.9 Å². The zero-order chi connectivity index (χ0) is 10.5. The highest BCUT2D eigenvalue weighted by Crippen LogP contribution is 2.20. The van der Waals surface area contributed by atoms with Crippen LogP contribution in [-0.4, -0.2) is 22.5 Å². The number of hydrogen-bond donors (Lipinski definition) is 1. The Bertz CT molecular complexity index is 283. The molecular weight excluding hydrogens is 204 g/mol. The summed E-state index contributed by atoms with van der Waals surface area (Å²) in [7, 11) is 0. The third-order valence-corrected chi connectivity index (χ3v) is 4.07. The molecule has 82 valence electrons. The summed E-state index contributed by atoms with van der Waals surface area (Å²) < 4.78 is 0. The van der Waals surface area contributed by atoms with Gasteiger partial charge in [-0.3, -0.25) is 4.98 Å². The number of aromatic nitrogens is 1. The molecule has 1 aromatic heterocycles. The molecule has 0 aliphatic carbocycles. The van der Waals surface area contributed by atoms with Gasteiger partial charge in [0, 0.05) is 30.2 Å². The van der Waals surface area contributed by atoms with Crippen molar-refractivity contribution in [1.82, 2.24) is 10.3 Å². The number of thioether (sulfide) groups is 1. The van der Waals surface area contributed by atoms with E-state index in [0.29, 0.717) is 12.1 Å². The molecule has 0 spiro atoms. The number of nitrogens with one attached hydrogen (secondary N) is 1. The first-order chi connectivity index (χ1) is 7.36. The SMILES string of the molecule is C[C@H](N[C@H]1CCCSC1)c1ccncc1. The molecule has 1 aliphatic rings. The van der Waals surface area contributed by atoms with E-state index in [1.807, 2.05) is 12.4 Å². The van der Waals surface area contributed by atoms with Crippen molar-refractivity contribution in [1.29, 1.82) is 0 Å². The van der Waals surface area contributed by atoms with Crippen LogP contribution in [0, 0.1) is 0 Å². The first-order valence-electron chi connectivity index (χ1n) is 5.60. The van der Waals surface area contributed by atoms with Crippen molar-refractivity contribution in [3.8, 4) is 0 Å². The molecule has 0 unspecified atom stereocenters. The minimum absolute atomic E-state index is 0.441. The zero-order valence-corrected chi connectivity index (χ0v) is 9.96. The average Bonchev–Trinajstić information content (AvgIpc) is 2.31. The van der Waals surface area contributed by atoms with Gasteiger partial charge in [0.25, 0.3) is 0 Å². The molecule has 2 nitrogen and oxygen atoms in total. The average molecular weight is 222 g/mol. The fourth-order valence-corrected chi connectivity index (χ4v) is 3.06. The van der Waals surface area contributed by atoms with Crippen LogP contribution in [0.25, 0.3) is 0 Å². The van der Waals surface area contributed by atoms with Crippen molar-refractivity contribution in [2.75, 3.05) is 11.5 Å². The van der Waals surface area contributed by atoms with Crippen molar-refractivity contribution in [2.45, 2.75) is 31.8 Å². The van der Waals surface area contributed by atoms with E-state index in [1.165, 1.54) is 29.9 Å². The third kappa shape index (κ3) is 3.21. The quantitative estimate of drug-likeness (QED) is 0.851. The number of hydrogen-bond acceptors (Lipinski definition) is 3. The molecule has 2 rings (SSSR count). The predicted octanol–water partition coefficient (Wildman–Crippen LogP) is 2.63. The summed E-state index contributed by atoms with van der Waals surface area (Å²) in [5.41, 5.74) is 1.33. The first-order valence-corrected chi connectivity index (χ1v) is 6.75. The van der Waals surface area contributed by atoms with Crippen LogP contribution in [0.4, 0.5) is 0 Å². The number of rotatable bonds is 3. The zero-order valence-electron chi connectivity index (χ0n) is 9.15. The third-order valence-electron chi connectivity index (χ3n) is 2.85. The van der Waals surface area contributed by atoms with Crippen molar-refractivity contribution in [2.24, 2.45) is 0 Å². The highest BCUT2D eigenvalue weighted by atomic mass is 32.2. The lowest BCUT2D eigenvalue weighted by atomic mass is 10.1. The van der Waals surface area contributed by atoms with Crippen LogP contribution in [0.3, 0.4) is 0 Å². The normalized spacial score (nSPS) is 23.7. The van der Waals surface area contributed by atoms with E-state index in [1.54, 1.807) is 0 Å². The molecule has 1 aliphatic heterocycles. The van der Waals surface area contributed by atoms with Gasteiger partial charge in [0.2, 0.25) is 0 Å². The molecule has 2 atom stereocenters. The summed E-state index contributed by atoms with van der Waals surface area (Å²) in [6, 6.07) is 5.31. The van der Waals surface area contributed by atoms with Crippen LogP contribution < -0.4 is 5.32 Å². The maximum absolute atomic E-state index is 4.04. The van der Waals surface area contributed by atoms with E-state index in [4.69, 9.17) is 0 Å². The Morgan fingerprint density at radius 1 is 1.47 bits per heavy atom. The van der Waals surface area contributed by atoms with Crippen LogP contribution in [-0.2, 0) is 0 Å². The fraction of sp³-hybridized carbons (Fsp3) is 0.583. The van der Waals surface area contributed by atoms with Gasteiger partial charge < -0.3 is 5.32 Å². The molecule has 1 fully saturated rings. The molecule has 1 aromatic rings. The maximum Gasteiger partial charge on any atom is 0.0295 e. The predicted molar refractivity (Wildman–Crippen MR) is 66.1 cm³/mol. The van der Waals surface area contributed by atoms with Crippen molar-refractivity contribution in [3.63, 3.8) is 0 Å². The number of pyridine rings is 1. The second-order valence-electron chi connectivity index (χ2n) is 4.08. The smallest absolute Gasteiger partial charge is 0.0295 e. The molecule has 15 heavy (non-hydrogen) atoms. The van der Waals surface area contributed by atoms with E-state index in [2.05, 4.69) is 41.1 Å². The summed E-state index contributed by atoms with van der Waals surface area (Å²) in [5.74, 6) is 2.59. The molecule has 1 N–H and O–H groups in total. The minimum Gasteiger partial charge on any atom is -0.307 e. The Hall–Kier alpha value is -0.540. The molecule has 0 aromatic carbocycles. The minimum atomic E-state index is 0.441. The highest BCUT2D eigenvalue weighted by Gasteiger charge is 2.16. The summed E-state index contributed by atoms with van der Waals surface area (Å²) in [6.07, 6.45) is 6.40. The van der Waals surface area contributed by atoms with Gasteiger partial charge in [-0.25, -0.2) is 0 Å². The lowest BCUT2D eigenvalue weighted by Crippen LogP contribution is -2.35. The van der Waals surface area contributed by atoms with Gasteiger partial charge in [0.1, 0.15) is 0 Å². The van der Waals surface area contributed by atoms with E-state index < -0.39 is 0 Å². The van der Waals surface area contributed by atoms with Crippen molar-refractivity contribution < 1.29 is 0 Å². The molecule has 2 heterocycles. The summed E-state index contributed by atoms with van der Waals surface area (Å²) in [5, 5.41) is 3.69. The second-order valence-corrected chi connectivity index (χ2v) is 5.23. The van der Waals surface area contributed by atoms with E-state index >= 15 is 0 Å². The van der Waals surface area contributed by atoms with Gasteiger partial charge >= 0.3 is 0 Å². The van der Waals surface area contributed by atoms with Gasteiger partial charge in [-0.15, -0.1) is 0 Å². The van der Waals surface area contributed by atoms with Crippen molar-refractivity contribution >= 4 is 11.8 Å². The van der Waals surface area contributed by atoms with Gasteiger partial charge in [0.15, 0.2) is 0 Å². The lowest BCUT2D eigenvalue weighted by molar-refractivity contribution is 0.452. The summed E-state index contributed by atoms with van der Waals surface area (Å²) >= 11 is 2.07. The molecule has 3 heteroatoms. The number of nitrogens with zero attached hydrogens (tertiary/aromatic N) is 1. The molecule has 0 amide bonds. The Morgan fingerprint density at radius 2 is 2.27 bits per heavy atom. The molecule has 0 saturated carbocycles. The van der Waals surface area contributed by atoms with Crippen LogP contribution >= 0.6 is 11.8 Å². The standard InChI is InChI=1S/C12H18N2S/c1-10(11-4-6-13-7-5-11)14-12-3-2-8-15-9-12/h4-7,10,12,14H,2-3,8-9H2,1H3/t10-,12-/m0/s1. The first kappa shape index (κ1) is 11.0. The lowest BCUT2D eigenvalue weighted by Gasteiger charge is -2.26. The second kappa shape index (κ2) is 5.52. The van der Waals surface area contributed by atoms with Crippen LogP contribution in [0.5, 0.6) is 0 Å². The van der Waals surface area contributed by atoms with Crippen molar-refractivity contribution in [3.05, 3.63) is 30.1 Å². The molecule has 1 saturated heterocycles. The van der Waals surface area contributed by atoms with Crippen LogP contribution in [0.15, 0.2) is 24.5 Å². The summed E-state index contributed by atoms with van der Waals surface area (Å²) in [4.78, 5) is 4.04. The Morgan fingerprint density at radius 3 is 2.93 bits per heavy atom. The highest BCUT2D eigenvalue weighted by molar-refractivity contribution is 7.99. The fourth-order valence-electron chi connectivity index (χ4n) is 1.97. The topological polar surface area (TPSA) is 24.9 Å². The van der Waals surface area contributed by atoms with Crippen LogP contribution in [0.1, 0.15) is 31.4 Å². The largest absolute Gasteiger partial charge is 0.307 e. The maximum atomic E-state index is 4.04. The molecule has 0 radical (unpaired) electrons. The molecular formula is C12H18N2S. The monoisotopic (exact) mass is 222 g/mol. The van der Waals surface area contributed by atoms with E-state index in [9.17, 15) is 0 Å². The molecule has 0 bridgehead atoms. The van der Waals surface area contributed by atoms with Gasteiger partial charge in [0.05, 0.1) is 0 Å². The Balaban J connectivity index is 1.88. The van der Waals surface area contributed by atoms with Gasteiger partial charge in [-0.2, -0.15) is 11.8 Å². The van der Waals surface area contributed by atoms with Gasteiger partial charge in [-0.1, -0.05) is 0 Å². The van der Waals surface area contributed by atoms with Crippen LogP contribution in [0.2, 0.25) is 0 Å². The van der Waals surface area contributed by atoms with E-state index in [0.717, 1.165) is 0 Å². The van der Waals surface area contributed by atoms with Gasteiger partial charge in [-0.05, 0) is 43.2 Å². The Kier molecular flexibility index (Phi) is 4.03. The van der Waals surface area contributed by atoms with E-state index in [-0.39, 0.29) is 0 Å².